The summed E-state index contributed by atoms with van der Waals surface area (Å²) in [6.45, 7) is 2.14. The number of fused-ring (bicyclic) bond motifs is 1. The summed E-state index contributed by atoms with van der Waals surface area (Å²) >= 11 is 0. The number of nitrogens with one attached hydrogen (secondary N) is 1. The molecule has 7 heteroatoms. The van der Waals surface area contributed by atoms with Gasteiger partial charge < -0.3 is 24.8 Å². The van der Waals surface area contributed by atoms with Gasteiger partial charge in [-0.15, -0.1) is 0 Å². The lowest BCUT2D eigenvalue weighted by molar-refractivity contribution is -0.140. The Morgan fingerprint density at radius 3 is 2.41 bits per heavy atom. The molecule has 0 spiro atoms. The van der Waals surface area contributed by atoms with Gasteiger partial charge in [0.25, 0.3) is 0 Å². The fourth-order valence-electron chi connectivity index (χ4n) is 3.63. The van der Waals surface area contributed by atoms with Gasteiger partial charge in [-0.25, -0.2) is 0 Å². The zero-order valence-electron chi connectivity index (χ0n) is 17.7. The van der Waals surface area contributed by atoms with Gasteiger partial charge in [-0.2, -0.15) is 0 Å². The molecule has 1 unspecified atom stereocenters. The normalized spacial score (nSPS) is 12.8. The van der Waals surface area contributed by atoms with Gasteiger partial charge in [0.15, 0.2) is 11.5 Å². The molecule has 0 aromatic heterocycles. The van der Waals surface area contributed by atoms with Crippen molar-refractivity contribution in [2.45, 2.75) is 26.1 Å². The molecule has 4 rings (SSSR count). The Labute approximate surface area is 186 Å². The number of rotatable bonds is 7. The number of carbonyl (C=O) groups is 2. The van der Waals surface area contributed by atoms with Crippen molar-refractivity contribution in [3.63, 3.8) is 0 Å². The SMILES string of the molecule is CC(=O)N(Cc1ccc2c(c1)OCO2)C(C(=O)NCc1ccccc1)c1ccc(O)cc1. The standard InChI is InChI=1S/C25H24N2O5/c1-17(28)27(15-19-7-12-22-23(13-19)32-16-31-22)24(20-8-10-21(29)11-9-20)25(30)26-14-18-5-3-2-4-6-18/h2-13,24,29H,14-16H2,1H3,(H,26,30). The van der Waals surface area contributed by atoms with Crippen LogP contribution in [0.1, 0.15) is 29.7 Å². The minimum absolute atomic E-state index is 0.0855. The quantitative estimate of drug-likeness (QED) is 0.596. The molecule has 0 bridgehead atoms. The molecule has 32 heavy (non-hydrogen) atoms. The van der Waals surface area contributed by atoms with E-state index in [2.05, 4.69) is 5.32 Å². The van der Waals surface area contributed by atoms with Crippen LogP contribution >= 0.6 is 0 Å². The summed E-state index contributed by atoms with van der Waals surface area (Å²) < 4.78 is 10.8. The second-order valence-corrected chi connectivity index (χ2v) is 7.53. The van der Waals surface area contributed by atoms with Crippen LogP contribution < -0.4 is 14.8 Å². The van der Waals surface area contributed by atoms with E-state index in [1.165, 1.54) is 24.0 Å². The van der Waals surface area contributed by atoms with Crippen molar-refractivity contribution in [2.24, 2.45) is 0 Å². The van der Waals surface area contributed by atoms with E-state index in [0.717, 1.165) is 11.1 Å². The van der Waals surface area contributed by atoms with E-state index in [9.17, 15) is 14.7 Å². The third-order valence-corrected chi connectivity index (χ3v) is 5.27. The van der Waals surface area contributed by atoms with E-state index in [1.807, 2.05) is 42.5 Å². The number of carbonyl (C=O) groups excluding carboxylic acids is 2. The topological polar surface area (TPSA) is 88.1 Å². The second kappa shape index (κ2) is 9.43. The molecule has 2 N–H and O–H groups in total. The molecule has 1 heterocycles. The van der Waals surface area contributed by atoms with Gasteiger partial charge in [0, 0.05) is 20.0 Å². The maximum absolute atomic E-state index is 13.3. The van der Waals surface area contributed by atoms with Crippen LogP contribution in [0.3, 0.4) is 0 Å². The molecule has 3 aromatic rings. The molecular formula is C25H24N2O5. The van der Waals surface area contributed by atoms with Crippen LogP contribution in [-0.2, 0) is 22.7 Å². The molecule has 0 aliphatic carbocycles. The highest BCUT2D eigenvalue weighted by atomic mass is 16.7. The van der Waals surface area contributed by atoms with Crippen LogP contribution in [0.5, 0.6) is 17.2 Å². The lowest BCUT2D eigenvalue weighted by atomic mass is 10.0. The number of nitrogens with zero attached hydrogens (tertiary/aromatic N) is 1. The van der Waals surface area contributed by atoms with Crippen molar-refractivity contribution in [2.75, 3.05) is 6.79 Å². The average molecular weight is 432 g/mol. The van der Waals surface area contributed by atoms with Crippen LogP contribution in [0.2, 0.25) is 0 Å². The van der Waals surface area contributed by atoms with Crippen LogP contribution in [0.25, 0.3) is 0 Å². The lowest BCUT2D eigenvalue weighted by Gasteiger charge is -2.30. The van der Waals surface area contributed by atoms with E-state index in [0.29, 0.717) is 23.6 Å². The van der Waals surface area contributed by atoms with E-state index in [-0.39, 0.29) is 30.9 Å². The van der Waals surface area contributed by atoms with E-state index >= 15 is 0 Å². The Balaban J connectivity index is 1.61. The maximum Gasteiger partial charge on any atom is 0.247 e. The molecule has 164 valence electrons. The highest BCUT2D eigenvalue weighted by molar-refractivity contribution is 5.88. The molecule has 3 aromatic carbocycles. The number of hydrogen-bond acceptors (Lipinski definition) is 5. The summed E-state index contributed by atoms with van der Waals surface area (Å²) in [7, 11) is 0. The molecule has 2 amide bonds. The lowest BCUT2D eigenvalue weighted by Crippen LogP contribution is -2.42. The van der Waals surface area contributed by atoms with Gasteiger partial charge in [0.1, 0.15) is 11.8 Å². The van der Waals surface area contributed by atoms with Gasteiger partial charge in [0.2, 0.25) is 18.6 Å². The van der Waals surface area contributed by atoms with Crippen molar-refractivity contribution in [1.29, 1.82) is 0 Å². The fraction of sp³-hybridized carbons (Fsp3) is 0.200. The van der Waals surface area contributed by atoms with E-state index in [1.54, 1.807) is 18.2 Å². The smallest absolute Gasteiger partial charge is 0.247 e. The summed E-state index contributed by atoms with van der Waals surface area (Å²) in [6.07, 6.45) is 0. The number of phenols is 1. The highest BCUT2D eigenvalue weighted by Gasteiger charge is 2.30. The average Bonchev–Trinajstić information content (AvgIpc) is 3.27. The Morgan fingerprint density at radius 1 is 0.969 bits per heavy atom. The zero-order valence-corrected chi connectivity index (χ0v) is 17.7. The number of aromatic hydroxyl groups is 1. The third-order valence-electron chi connectivity index (χ3n) is 5.27. The van der Waals surface area contributed by atoms with E-state index in [4.69, 9.17) is 9.47 Å². The van der Waals surface area contributed by atoms with Gasteiger partial charge in [-0.3, -0.25) is 9.59 Å². The summed E-state index contributed by atoms with van der Waals surface area (Å²) in [4.78, 5) is 27.5. The van der Waals surface area contributed by atoms with Crippen molar-refractivity contribution in [3.8, 4) is 17.2 Å². The molecule has 1 atom stereocenters. The molecule has 0 fully saturated rings. The van der Waals surface area contributed by atoms with Crippen LogP contribution in [-0.4, -0.2) is 28.6 Å². The molecule has 0 saturated carbocycles. The molecule has 0 radical (unpaired) electrons. The van der Waals surface area contributed by atoms with Crippen molar-refractivity contribution < 1.29 is 24.2 Å². The number of ether oxygens (including phenoxy) is 2. The Morgan fingerprint density at radius 2 is 1.69 bits per heavy atom. The zero-order chi connectivity index (χ0) is 22.5. The first-order valence-electron chi connectivity index (χ1n) is 10.3. The maximum atomic E-state index is 13.3. The second-order valence-electron chi connectivity index (χ2n) is 7.53. The molecule has 1 aliphatic heterocycles. The van der Waals surface area contributed by atoms with Gasteiger partial charge in [-0.1, -0.05) is 48.5 Å². The van der Waals surface area contributed by atoms with Crippen molar-refractivity contribution >= 4 is 11.8 Å². The summed E-state index contributed by atoms with van der Waals surface area (Å²) in [5.74, 6) is 0.785. The van der Waals surface area contributed by atoms with Crippen LogP contribution in [0.15, 0.2) is 72.8 Å². The summed E-state index contributed by atoms with van der Waals surface area (Å²) in [5.41, 5.74) is 2.36. The van der Waals surface area contributed by atoms with Crippen LogP contribution in [0, 0.1) is 0 Å². The molecule has 1 aliphatic rings. The summed E-state index contributed by atoms with van der Waals surface area (Å²) in [6, 6.07) is 20.5. The monoisotopic (exact) mass is 432 g/mol. The first-order chi connectivity index (χ1) is 15.5. The fourth-order valence-corrected chi connectivity index (χ4v) is 3.63. The number of hydrogen-bond donors (Lipinski definition) is 2. The Bertz CT molecular complexity index is 1100. The van der Waals surface area contributed by atoms with Crippen LogP contribution in [0.4, 0.5) is 0 Å². The first kappa shape index (κ1) is 21.2. The first-order valence-corrected chi connectivity index (χ1v) is 10.3. The van der Waals surface area contributed by atoms with Gasteiger partial charge in [-0.05, 0) is 41.0 Å². The number of phenolic OH excluding ortho intramolecular Hbond substituents is 1. The summed E-state index contributed by atoms with van der Waals surface area (Å²) in [5, 5.41) is 12.6. The minimum Gasteiger partial charge on any atom is -0.508 e. The van der Waals surface area contributed by atoms with Crippen molar-refractivity contribution in [1.82, 2.24) is 10.2 Å². The largest absolute Gasteiger partial charge is 0.508 e. The van der Waals surface area contributed by atoms with Gasteiger partial charge in [0.05, 0.1) is 0 Å². The predicted molar refractivity (Wildman–Crippen MR) is 118 cm³/mol. The third kappa shape index (κ3) is 4.83. The number of amides is 2. The van der Waals surface area contributed by atoms with E-state index < -0.39 is 6.04 Å². The molecular weight excluding hydrogens is 408 g/mol. The minimum atomic E-state index is -0.873. The Hall–Kier alpha value is -4.00. The highest BCUT2D eigenvalue weighted by Crippen LogP contribution is 2.34. The predicted octanol–water partition coefficient (Wildman–Crippen LogP) is 3.53. The van der Waals surface area contributed by atoms with Gasteiger partial charge >= 0.3 is 0 Å². The number of benzene rings is 3. The van der Waals surface area contributed by atoms with Crippen molar-refractivity contribution in [3.05, 3.63) is 89.5 Å². The Kier molecular flexibility index (Phi) is 6.26. The molecule has 7 nitrogen and oxygen atoms in total. The molecule has 0 saturated heterocycles.